The average Bonchev–Trinajstić information content (AvgIpc) is 2.21. The molecule has 1 N–H and O–H groups in total. The van der Waals surface area contributed by atoms with Crippen LogP contribution in [0.25, 0.3) is 0 Å². The molecule has 0 aromatic heterocycles. The molecule has 14 heavy (non-hydrogen) atoms. The Morgan fingerprint density at radius 1 is 0.786 bits per heavy atom. The van der Waals surface area contributed by atoms with Crippen molar-refractivity contribution >= 4 is 11.8 Å². The van der Waals surface area contributed by atoms with Crippen molar-refractivity contribution in [1.29, 1.82) is 0 Å². The van der Waals surface area contributed by atoms with Gasteiger partial charge < -0.3 is 5.11 Å². The van der Waals surface area contributed by atoms with Gasteiger partial charge in [-0.05, 0) is 30.8 Å². The topological polar surface area (TPSA) is 20.2 Å². The normalized spacial score (nSPS) is 10.7. The minimum absolute atomic E-state index is 0.365. The minimum atomic E-state index is 0.365. The number of unbranched alkanes of at least 4 members (excludes halogenated alkanes) is 6. The highest BCUT2D eigenvalue weighted by molar-refractivity contribution is 7.99. The molecule has 0 atom stereocenters. The van der Waals surface area contributed by atoms with E-state index in [1.165, 1.54) is 56.5 Å². The van der Waals surface area contributed by atoms with Crippen LogP contribution >= 0.6 is 11.8 Å². The number of hydrogen-bond donors (Lipinski definition) is 1. The summed E-state index contributed by atoms with van der Waals surface area (Å²) in [5, 5.41) is 8.58. The van der Waals surface area contributed by atoms with Crippen LogP contribution in [0.3, 0.4) is 0 Å². The van der Waals surface area contributed by atoms with E-state index in [-0.39, 0.29) is 0 Å². The Kier molecular flexibility index (Phi) is 13.6. The van der Waals surface area contributed by atoms with Crippen molar-refractivity contribution in [2.75, 3.05) is 18.1 Å². The van der Waals surface area contributed by atoms with Crippen LogP contribution in [0.15, 0.2) is 0 Å². The van der Waals surface area contributed by atoms with Crippen molar-refractivity contribution < 1.29 is 5.11 Å². The largest absolute Gasteiger partial charge is 0.396 e. The predicted molar refractivity (Wildman–Crippen MR) is 67.0 cm³/mol. The van der Waals surface area contributed by atoms with Gasteiger partial charge in [-0.25, -0.2) is 0 Å². The lowest BCUT2D eigenvalue weighted by Gasteiger charge is -2.01. The van der Waals surface area contributed by atoms with Gasteiger partial charge in [-0.3, -0.25) is 0 Å². The van der Waals surface area contributed by atoms with E-state index < -0.39 is 0 Å². The molecule has 0 bridgehead atoms. The maximum atomic E-state index is 8.58. The Morgan fingerprint density at radius 2 is 1.36 bits per heavy atom. The van der Waals surface area contributed by atoms with E-state index in [1.54, 1.807) is 0 Å². The molecule has 0 unspecified atom stereocenters. The van der Waals surface area contributed by atoms with Crippen LogP contribution in [0.1, 0.15) is 58.3 Å². The van der Waals surface area contributed by atoms with Crippen LogP contribution in [0.5, 0.6) is 0 Å². The Bertz CT molecular complexity index is 84.3. The molecule has 0 saturated heterocycles. The van der Waals surface area contributed by atoms with Crippen molar-refractivity contribution in [2.45, 2.75) is 58.3 Å². The van der Waals surface area contributed by atoms with E-state index >= 15 is 0 Å². The smallest absolute Gasteiger partial charge is 0.0431 e. The second kappa shape index (κ2) is 13.3. The Labute approximate surface area is 93.7 Å². The number of hydrogen-bond acceptors (Lipinski definition) is 2. The second-order valence-corrected chi connectivity index (χ2v) is 5.04. The molecule has 0 aromatic carbocycles. The van der Waals surface area contributed by atoms with Gasteiger partial charge in [-0.15, -0.1) is 0 Å². The lowest BCUT2D eigenvalue weighted by molar-refractivity contribution is 0.283. The average molecular weight is 218 g/mol. The first-order valence-corrected chi connectivity index (χ1v) is 7.26. The van der Waals surface area contributed by atoms with E-state index in [2.05, 4.69) is 18.7 Å². The Hall–Kier alpha value is 0.310. The molecular weight excluding hydrogens is 192 g/mol. The minimum Gasteiger partial charge on any atom is -0.396 e. The summed E-state index contributed by atoms with van der Waals surface area (Å²) in [6.45, 7) is 2.62. The molecule has 0 spiro atoms. The first-order valence-electron chi connectivity index (χ1n) is 6.10. The summed E-state index contributed by atoms with van der Waals surface area (Å²) in [7, 11) is 0. The molecule has 0 aliphatic heterocycles. The SMILES string of the molecule is CCCCCCSCCCCCCO. The summed E-state index contributed by atoms with van der Waals surface area (Å²) in [5.41, 5.74) is 0. The van der Waals surface area contributed by atoms with Gasteiger partial charge in [-0.1, -0.05) is 39.0 Å². The van der Waals surface area contributed by atoms with Gasteiger partial charge in [0, 0.05) is 6.61 Å². The van der Waals surface area contributed by atoms with Crippen molar-refractivity contribution in [3.8, 4) is 0 Å². The molecule has 0 aromatic rings. The summed E-state index contributed by atoms with van der Waals surface area (Å²) in [5.74, 6) is 2.66. The summed E-state index contributed by atoms with van der Waals surface area (Å²) in [6.07, 6.45) is 10.4. The Balaban J connectivity index is 2.78. The highest BCUT2D eigenvalue weighted by Crippen LogP contribution is 2.11. The van der Waals surface area contributed by atoms with E-state index in [0.29, 0.717) is 6.61 Å². The summed E-state index contributed by atoms with van der Waals surface area (Å²) in [4.78, 5) is 0. The maximum absolute atomic E-state index is 8.58. The molecule has 2 heteroatoms. The molecule has 0 fully saturated rings. The maximum Gasteiger partial charge on any atom is 0.0431 e. The fourth-order valence-electron chi connectivity index (χ4n) is 1.40. The molecule has 0 amide bonds. The third kappa shape index (κ3) is 12.3. The van der Waals surface area contributed by atoms with Gasteiger partial charge in [0.25, 0.3) is 0 Å². The zero-order chi connectivity index (χ0) is 10.5. The third-order valence-electron chi connectivity index (χ3n) is 2.34. The molecule has 0 aliphatic carbocycles. The molecule has 0 radical (unpaired) electrons. The monoisotopic (exact) mass is 218 g/mol. The number of aliphatic hydroxyl groups excluding tert-OH is 1. The standard InChI is InChI=1S/C12H26OS/c1-2-3-4-8-11-14-12-9-6-5-7-10-13/h13H,2-12H2,1H3. The van der Waals surface area contributed by atoms with Crippen LogP contribution in [0, 0.1) is 0 Å². The number of thioether (sulfide) groups is 1. The van der Waals surface area contributed by atoms with E-state index in [1.807, 2.05) is 0 Å². The summed E-state index contributed by atoms with van der Waals surface area (Å²) >= 11 is 2.10. The van der Waals surface area contributed by atoms with Gasteiger partial charge in [0.15, 0.2) is 0 Å². The van der Waals surface area contributed by atoms with Gasteiger partial charge in [0.1, 0.15) is 0 Å². The van der Waals surface area contributed by atoms with E-state index in [0.717, 1.165) is 6.42 Å². The third-order valence-corrected chi connectivity index (χ3v) is 3.49. The van der Waals surface area contributed by atoms with Gasteiger partial charge in [0.2, 0.25) is 0 Å². The van der Waals surface area contributed by atoms with Gasteiger partial charge >= 0.3 is 0 Å². The van der Waals surface area contributed by atoms with Crippen molar-refractivity contribution in [2.24, 2.45) is 0 Å². The highest BCUT2D eigenvalue weighted by Gasteiger charge is 1.91. The quantitative estimate of drug-likeness (QED) is 0.532. The summed E-state index contributed by atoms with van der Waals surface area (Å²) in [6, 6.07) is 0. The van der Waals surface area contributed by atoms with Crippen LogP contribution in [-0.4, -0.2) is 23.2 Å². The van der Waals surface area contributed by atoms with Gasteiger partial charge in [0.05, 0.1) is 0 Å². The number of rotatable bonds is 11. The summed E-state index contributed by atoms with van der Waals surface area (Å²) < 4.78 is 0. The zero-order valence-corrected chi connectivity index (χ0v) is 10.5. The number of aliphatic hydroxyl groups is 1. The second-order valence-electron chi connectivity index (χ2n) is 3.81. The van der Waals surface area contributed by atoms with Crippen LogP contribution < -0.4 is 0 Å². The molecule has 0 saturated carbocycles. The lowest BCUT2D eigenvalue weighted by Crippen LogP contribution is -1.87. The van der Waals surface area contributed by atoms with Crippen LogP contribution in [0.2, 0.25) is 0 Å². The molecular formula is C12H26OS. The molecule has 0 rings (SSSR count). The first kappa shape index (κ1) is 14.3. The molecule has 0 aliphatic rings. The predicted octanol–water partition coefficient (Wildman–Crippen LogP) is 3.85. The molecule has 1 nitrogen and oxygen atoms in total. The zero-order valence-electron chi connectivity index (χ0n) is 9.63. The van der Waals surface area contributed by atoms with Crippen molar-refractivity contribution in [3.05, 3.63) is 0 Å². The first-order chi connectivity index (χ1) is 6.91. The fourth-order valence-corrected chi connectivity index (χ4v) is 2.42. The van der Waals surface area contributed by atoms with E-state index in [4.69, 9.17) is 5.11 Å². The van der Waals surface area contributed by atoms with E-state index in [9.17, 15) is 0 Å². The molecule has 0 heterocycles. The van der Waals surface area contributed by atoms with Crippen LogP contribution in [0.4, 0.5) is 0 Å². The highest BCUT2D eigenvalue weighted by atomic mass is 32.2. The van der Waals surface area contributed by atoms with Crippen molar-refractivity contribution in [1.82, 2.24) is 0 Å². The molecule has 86 valence electrons. The fraction of sp³-hybridized carbons (Fsp3) is 1.00. The van der Waals surface area contributed by atoms with Gasteiger partial charge in [-0.2, -0.15) is 11.8 Å². The Morgan fingerprint density at radius 3 is 1.93 bits per heavy atom. The van der Waals surface area contributed by atoms with Crippen molar-refractivity contribution in [3.63, 3.8) is 0 Å². The van der Waals surface area contributed by atoms with Crippen LogP contribution in [-0.2, 0) is 0 Å². The lowest BCUT2D eigenvalue weighted by atomic mass is 10.2.